The van der Waals surface area contributed by atoms with E-state index >= 15 is 0 Å². The molecule has 0 radical (unpaired) electrons. The van der Waals surface area contributed by atoms with Gasteiger partial charge in [-0.25, -0.2) is 9.50 Å². The Labute approximate surface area is 64.7 Å². The molecule has 0 fully saturated rings. The van der Waals surface area contributed by atoms with Gasteiger partial charge in [0.2, 0.25) is 0 Å². The summed E-state index contributed by atoms with van der Waals surface area (Å²) < 4.78 is 1.80. The first-order valence-electron chi connectivity index (χ1n) is 3.55. The highest BCUT2D eigenvalue weighted by molar-refractivity contribution is 5.45. The molecule has 0 unspecified atom stereocenters. The van der Waals surface area contributed by atoms with Crippen LogP contribution in [-0.4, -0.2) is 14.6 Å². The summed E-state index contributed by atoms with van der Waals surface area (Å²) >= 11 is 0. The van der Waals surface area contributed by atoms with Gasteiger partial charge in [-0.2, -0.15) is 5.10 Å². The van der Waals surface area contributed by atoms with E-state index in [4.69, 9.17) is 0 Å². The predicted octanol–water partition coefficient (Wildman–Crippen LogP) is 1.35. The standard InChI is InChI=1S/C8H9N3/c1-6-5-7(2)10-11-4-3-9-8(6)11/h3-5H,1-2H3. The zero-order valence-corrected chi connectivity index (χ0v) is 6.57. The van der Waals surface area contributed by atoms with Crippen LogP contribution in [0, 0.1) is 13.8 Å². The van der Waals surface area contributed by atoms with Crippen LogP contribution in [0.15, 0.2) is 18.5 Å². The van der Waals surface area contributed by atoms with Crippen molar-refractivity contribution in [1.29, 1.82) is 0 Å². The molecule has 11 heavy (non-hydrogen) atoms. The summed E-state index contributed by atoms with van der Waals surface area (Å²) in [5.41, 5.74) is 3.13. The zero-order chi connectivity index (χ0) is 7.84. The van der Waals surface area contributed by atoms with Gasteiger partial charge in [0.15, 0.2) is 5.65 Å². The van der Waals surface area contributed by atoms with Crippen molar-refractivity contribution in [2.45, 2.75) is 13.8 Å². The Balaban J connectivity index is 2.91. The van der Waals surface area contributed by atoms with Crippen molar-refractivity contribution in [1.82, 2.24) is 14.6 Å². The van der Waals surface area contributed by atoms with E-state index in [2.05, 4.69) is 10.1 Å². The average Bonchev–Trinajstić information content (AvgIpc) is 2.34. The largest absolute Gasteiger partial charge is 0.235 e. The predicted molar refractivity (Wildman–Crippen MR) is 42.5 cm³/mol. The Morgan fingerprint density at radius 3 is 3.00 bits per heavy atom. The number of nitrogens with zero attached hydrogens (tertiary/aromatic N) is 3. The van der Waals surface area contributed by atoms with Crippen molar-refractivity contribution in [3.8, 4) is 0 Å². The van der Waals surface area contributed by atoms with Gasteiger partial charge in [0.25, 0.3) is 0 Å². The molecule has 0 amide bonds. The summed E-state index contributed by atoms with van der Waals surface area (Å²) in [5, 5.41) is 4.25. The highest BCUT2D eigenvalue weighted by Gasteiger charge is 1.98. The third-order valence-corrected chi connectivity index (χ3v) is 1.67. The highest BCUT2D eigenvalue weighted by atomic mass is 15.2. The van der Waals surface area contributed by atoms with Crippen LogP contribution in [0.4, 0.5) is 0 Å². The molecule has 0 aromatic carbocycles. The quantitative estimate of drug-likeness (QED) is 0.563. The molecule has 0 atom stereocenters. The maximum absolute atomic E-state index is 4.25. The van der Waals surface area contributed by atoms with Crippen LogP contribution >= 0.6 is 0 Å². The molecule has 0 N–H and O–H groups in total. The van der Waals surface area contributed by atoms with Crippen molar-refractivity contribution in [2.24, 2.45) is 0 Å². The molecule has 0 spiro atoms. The Morgan fingerprint density at radius 2 is 2.18 bits per heavy atom. The second kappa shape index (κ2) is 2.05. The zero-order valence-electron chi connectivity index (χ0n) is 6.57. The monoisotopic (exact) mass is 147 g/mol. The topological polar surface area (TPSA) is 30.2 Å². The molecule has 0 aliphatic heterocycles. The number of imidazole rings is 1. The van der Waals surface area contributed by atoms with Gasteiger partial charge in [-0.15, -0.1) is 0 Å². The lowest BCUT2D eigenvalue weighted by molar-refractivity contribution is 0.893. The molecular formula is C8H9N3. The lowest BCUT2D eigenvalue weighted by atomic mass is 10.3. The minimum Gasteiger partial charge on any atom is -0.235 e. The van der Waals surface area contributed by atoms with E-state index in [1.165, 1.54) is 5.56 Å². The minimum atomic E-state index is 0.940. The fourth-order valence-corrected chi connectivity index (χ4v) is 1.24. The Morgan fingerprint density at radius 1 is 1.36 bits per heavy atom. The second-order valence-corrected chi connectivity index (χ2v) is 2.66. The van der Waals surface area contributed by atoms with Crippen molar-refractivity contribution >= 4 is 5.65 Å². The molecule has 0 saturated heterocycles. The fraction of sp³-hybridized carbons (Fsp3) is 0.250. The smallest absolute Gasteiger partial charge is 0.156 e. The van der Waals surface area contributed by atoms with Gasteiger partial charge in [0.1, 0.15) is 0 Å². The Bertz CT molecular complexity index is 389. The van der Waals surface area contributed by atoms with Crippen LogP contribution in [-0.2, 0) is 0 Å². The normalized spacial score (nSPS) is 10.7. The second-order valence-electron chi connectivity index (χ2n) is 2.66. The lowest BCUT2D eigenvalue weighted by Gasteiger charge is -1.97. The van der Waals surface area contributed by atoms with Crippen molar-refractivity contribution < 1.29 is 0 Å². The number of hydrogen-bond donors (Lipinski definition) is 0. The van der Waals surface area contributed by atoms with E-state index in [9.17, 15) is 0 Å². The van der Waals surface area contributed by atoms with E-state index in [0.29, 0.717) is 0 Å². The van der Waals surface area contributed by atoms with Crippen LogP contribution in [0.5, 0.6) is 0 Å². The first kappa shape index (κ1) is 6.34. The molecule has 0 bridgehead atoms. The number of aromatic nitrogens is 3. The van der Waals surface area contributed by atoms with Gasteiger partial charge in [-0.05, 0) is 25.5 Å². The van der Waals surface area contributed by atoms with E-state index in [1.54, 1.807) is 10.7 Å². The number of fused-ring (bicyclic) bond motifs is 1. The lowest BCUT2D eigenvalue weighted by Crippen LogP contribution is -1.95. The van der Waals surface area contributed by atoms with Crippen molar-refractivity contribution in [3.05, 3.63) is 29.7 Å². The first-order valence-corrected chi connectivity index (χ1v) is 3.55. The van der Waals surface area contributed by atoms with Crippen LogP contribution in [0.1, 0.15) is 11.3 Å². The van der Waals surface area contributed by atoms with E-state index < -0.39 is 0 Å². The summed E-state index contributed by atoms with van der Waals surface area (Å²) in [6.45, 7) is 4.02. The van der Waals surface area contributed by atoms with Crippen LogP contribution < -0.4 is 0 Å². The number of hydrogen-bond acceptors (Lipinski definition) is 2. The molecule has 56 valence electrons. The van der Waals surface area contributed by atoms with Crippen molar-refractivity contribution in [3.63, 3.8) is 0 Å². The Kier molecular flexibility index (Phi) is 1.18. The van der Waals surface area contributed by atoms with Crippen LogP contribution in [0.3, 0.4) is 0 Å². The summed E-state index contributed by atoms with van der Waals surface area (Å²) in [4.78, 5) is 4.16. The molecule has 2 rings (SSSR count). The van der Waals surface area contributed by atoms with Gasteiger partial charge >= 0.3 is 0 Å². The molecule has 0 aliphatic carbocycles. The highest BCUT2D eigenvalue weighted by Crippen LogP contribution is 2.06. The van der Waals surface area contributed by atoms with Crippen LogP contribution in [0.25, 0.3) is 5.65 Å². The molecule has 3 heteroatoms. The summed E-state index contributed by atoms with van der Waals surface area (Å²) in [5.74, 6) is 0. The molecular weight excluding hydrogens is 138 g/mol. The maximum atomic E-state index is 4.25. The fourth-order valence-electron chi connectivity index (χ4n) is 1.24. The maximum Gasteiger partial charge on any atom is 0.156 e. The molecule has 3 nitrogen and oxygen atoms in total. The number of rotatable bonds is 0. The number of aryl methyl sites for hydroxylation is 2. The van der Waals surface area contributed by atoms with E-state index in [-0.39, 0.29) is 0 Å². The molecule has 0 saturated carbocycles. The van der Waals surface area contributed by atoms with Gasteiger partial charge in [0, 0.05) is 12.4 Å². The van der Waals surface area contributed by atoms with Gasteiger partial charge in [0.05, 0.1) is 5.69 Å². The molecule has 0 aliphatic rings. The summed E-state index contributed by atoms with van der Waals surface area (Å²) in [7, 11) is 0. The van der Waals surface area contributed by atoms with Crippen LogP contribution in [0.2, 0.25) is 0 Å². The average molecular weight is 147 g/mol. The third kappa shape index (κ3) is 0.888. The Hall–Kier alpha value is -1.38. The van der Waals surface area contributed by atoms with Gasteiger partial charge in [-0.3, -0.25) is 0 Å². The summed E-state index contributed by atoms with van der Waals surface area (Å²) in [6.07, 6.45) is 3.62. The third-order valence-electron chi connectivity index (χ3n) is 1.67. The molecule has 2 aromatic heterocycles. The molecule has 2 aromatic rings. The minimum absolute atomic E-state index is 0.940. The van der Waals surface area contributed by atoms with E-state index in [0.717, 1.165) is 11.3 Å². The van der Waals surface area contributed by atoms with Crippen molar-refractivity contribution in [2.75, 3.05) is 0 Å². The van der Waals surface area contributed by atoms with E-state index in [1.807, 2.05) is 26.1 Å². The first-order chi connectivity index (χ1) is 5.27. The van der Waals surface area contributed by atoms with Gasteiger partial charge in [-0.1, -0.05) is 0 Å². The SMILES string of the molecule is Cc1cc(C)c2nccn2n1. The molecule has 2 heterocycles. The van der Waals surface area contributed by atoms with Gasteiger partial charge < -0.3 is 0 Å². The summed E-state index contributed by atoms with van der Waals surface area (Å²) in [6, 6.07) is 2.03.